The molecule has 0 aromatic heterocycles. The van der Waals surface area contributed by atoms with E-state index in [4.69, 9.17) is 12.2 Å². The van der Waals surface area contributed by atoms with E-state index >= 15 is 0 Å². The number of rotatable bonds is 2. The Bertz CT molecular complexity index is 451. The maximum absolute atomic E-state index is 5.20. The van der Waals surface area contributed by atoms with Gasteiger partial charge in [0.2, 0.25) is 0 Å². The van der Waals surface area contributed by atoms with Crippen LogP contribution >= 0.6 is 12.2 Å². The normalized spacial score (nSPS) is 15.8. The van der Waals surface area contributed by atoms with Gasteiger partial charge in [-0.3, -0.25) is 5.43 Å². The second kappa shape index (κ2) is 4.45. The highest BCUT2D eigenvalue weighted by Crippen LogP contribution is 2.14. The highest BCUT2D eigenvalue weighted by Gasteiger charge is 2.19. The SMILES string of the molecule is C=C1C(C)=NNC(=S)N1Cc1ccccc1. The Hall–Kier alpha value is -1.68. The monoisotopic (exact) mass is 231 g/mol. The van der Waals surface area contributed by atoms with E-state index in [-0.39, 0.29) is 0 Å². The highest BCUT2D eigenvalue weighted by atomic mass is 32.1. The fourth-order valence-corrected chi connectivity index (χ4v) is 1.73. The Morgan fingerprint density at radius 3 is 2.75 bits per heavy atom. The van der Waals surface area contributed by atoms with Crippen LogP contribution in [0.4, 0.5) is 0 Å². The molecule has 0 saturated heterocycles. The zero-order chi connectivity index (χ0) is 11.5. The van der Waals surface area contributed by atoms with E-state index < -0.39 is 0 Å². The minimum atomic E-state index is 0.597. The van der Waals surface area contributed by atoms with Gasteiger partial charge in [0, 0.05) is 0 Å². The Kier molecular flexibility index (Phi) is 3.01. The van der Waals surface area contributed by atoms with Gasteiger partial charge < -0.3 is 4.90 Å². The molecule has 1 heterocycles. The lowest BCUT2D eigenvalue weighted by atomic mass is 10.2. The summed E-state index contributed by atoms with van der Waals surface area (Å²) in [6.07, 6.45) is 0. The molecule has 0 bridgehead atoms. The summed E-state index contributed by atoms with van der Waals surface area (Å²) in [4.78, 5) is 1.95. The largest absolute Gasteiger partial charge is 0.312 e. The van der Waals surface area contributed by atoms with Crippen LogP contribution in [0.5, 0.6) is 0 Å². The summed E-state index contributed by atoms with van der Waals surface area (Å²) in [6.45, 7) is 6.62. The molecule has 3 nitrogen and oxygen atoms in total. The molecule has 0 spiro atoms. The van der Waals surface area contributed by atoms with Gasteiger partial charge in [0.25, 0.3) is 0 Å². The van der Waals surface area contributed by atoms with Crippen molar-refractivity contribution in [1.29, 1.82) is 0 Å². The molecule has 16 heavy (non-hydrogen) atoms. The predicted octanol–water partition coefficient (Wildman–Crippen LogP) is 2.27. The molecule has 0 amide bonds. The van der Waals surface area contributed by atoms with Crippen LogP contribution in [0.2, 0.25) is 0 Å². The molecule has 0 fully saturated rings. The molecule has 0 unspecified atom stereocenters. The van der Waals surface area contributed by atoms with E-state index in [1.165, 1.54) is 5.56 Å². The van der Waals surface area contributed by atoms with Crippen LogP contribution in [0.25, 0.3) is 0 Å². The first-order valence-electron chi connectivity index (χ1n) is 5.03. The van der Waals surface area contributed by atoms with E-state index in [9.17, 15) is 0 Å². The third-order valence-corrected chi connectivity index (χ3v) is 2.80. The van der Waals surface area contributed by atoms with Gasteiger partial charge in [-0.2, -0.15) is 5.10 Å². The van der Waals surface area contributed by atoms with Gasteiger partial charge in [-0.15, -0.1) is 0 Å². The molecule has 2 rings (SSSR count). The van der Waals surface area contributed by atoms with Crippen LogP contribution in [-0.2, 0) is 6.54 Å². The fourth-order valence-electron chi connectivity index (χ4n) is 1.51. The first-order valence-corrected chi connectivity index (χ1v) is 5.44. The summed E-state index contributed by atoms with van der Waals surface area (Å²) in [6, 6.07) is 10.2. The molecular formula is C12H13N3S. The molecule has 0 aliphatic carbocycles. The van der Waals surface area contributed by atoms with Gasteiger partial charge in [-0.25, -0.2) is 0 Å². The van der Waals surface area contributed by atoms with Crippen molar-refractivity contribution < 1.29 is 0 Å². The number of thiocarbonyl (C=S) groups is 1. The molecule has 0 atom stereocenters. The van der Waals surface area contributed by atoms with Crippen LogP contribution in [0.15, 0.2) is 47.7 Å². The number of nitrogens with zero attached hydrogens (tertiary/aromatic N) is 2. The molecular weight excluding hydrogens is 218 g/mol. The van der Waals surface area contributed by atoms with Crippen LogP contribution in [0, 0.1) is 0 Å². The third kappa shape index (κ3) is 2.12. The lowest BCUT2D eigenvalue weighted by molar-refractivity contribution is 0.510. The van der Waals surface area contributed by atoms with Crippen molar-refractivity contribution in [3.05, 3.63) is 48.2 Å². The van der Waals surface area contributed by atoms with Gasteiger partial charge in [-0.05, 0) is 24.7 Å². The minimum Gasteiger partial charge on any atom is -0.312 e. The number of allylic oxidation sites excluding steroid dienone is 1. The van der Waals surface area contributed by atoms with E-state index in [1.54, 1.807) is 0 Å². The zero-order valence-corrected chi connectivity index (χ0v) is 9.92. The van der Waals surface area contributed by atoms with Gasteiger partial charge in [0.1, 0.15) is 0 Å². The number of hydrazone groups is 1. The third-order valence-electron chi connectivity index (χ3n) is 2.49. The zero-order valence-electron chi connectivity index (χ0n) is 9.10. The minimum absolute atomic E-state index is 0.597. The Morgan fingerprint density at radius 1 is 1.38 bits per heavy atom. The molecule has 1 aliphatic rings. The summed E-state index contributed by atoms with van der Waals surface area (Å²) in [5.41, 5.74) is 5.73. The van der Waals surface area contributed by atoms with Crippen molar-refractivity contribution in [2.75, 3.05) is 0 Å². The molecule has 1 aromatic carbocycles. The topological polar surface area (TPSA) is 27.6 Å². The molecule has 1 aromatic rings. The summed E-state index contributed by atoms with van der Waals surface area (Å²) in [5, 5.41) is 4.66. The lowest BCUT2D eigenvalue weighted by Crippen LogP contribution is -2.42. The number of benzene rings is 1. The summed E-state index contributed by atoms with van der Waals surface area (Å²) >= 11 is 5.20. The quantitative estimate of drug-likeness (QED) is 0.791. The van der Waals surface area contributed by atoms with Crippen molar-refractivity contribution in [1.82, 2.24) is 10.3 Å². The second-order valence-electron chi connectivity index (χ2n) is 3.63. The molecule has 0 radical (unpaired) electrons. The van der Waals surface area contributed by atoms with Gasteiger partial charge >= 0.3 is 0 Å². The van der Waals surface area contributed by atoms with Crippen molar-refractivity contribution >= 4 is 23.0 Å². The Labute approximate surface area is 100 Å². The summed E-state index contributed by atoms with van der Waals surface area (Å²) < 4.78 is 0. The van der Waals surface area contributed by atoms with Crippen LogP contribution in [0.3, 0.4) is 0 Å². The molecule has 1 N–H and O–H groups in total. The number of hydrogen-bond donors (Lipinski definition) is 1. The van der Waals surface area contributed by atoms with Crippen molar-refractivity contribution in [3.63, 3.8) is 0 Å². The van der Waals surface area contributed by atoms with Crippen LogP contribution in [-0.4, -0.2) is 15.7 Å². The molecule has 4 heteroatoms. The molecule has 0 saturated carbocycles. The maximum atomic E-state index is 5.20. The van der Waals surface area contributed by atoms with E-state index in [2.05, 4.69) is 29.2 Å². The van der Waals surface area contributed by atoms with E-state index in [0.29, 0.717) is 5.11 Å². The molecule has 1 aliphatic heterocycles. The predicted molar refractivity (Wildman–Crippen MR) is 70.0 cm³/mol. The average Bonchev–Trinajstić information content (AvgIpc) is 2.31. The smallest absolute Gasteiger partial charge is 0.194 e. The first-order chi connectivity index (χ1) is 7.68. The van der Waals surface area contributed by atoms with E-state index in [0.717, 1.165) is 18.0 Å². The Balaban J connectivity index is 2.19. The van der Waals surface area contributed by atoms with E-state index in [1.807, 2.05) is 30.0 Å². The van der Waals surface area contributed by atoms with Crippen molar-refractivity contribution in [3.8, 4) is 0 Å². The summed E-state index contributed by atoms with van der Waals surface area (Å²) in [5.74, 6) is 0. The Morgan fingerprint density at radius 2 is 2.06 bits per heavy atom. The average molecular weight is 231 g/mol. The maximum Gasteiger partial charge on any atom is 0.194 e. The first kappa shape index (κ1) is 10.8. The number of nitrogens with one attached hydrogen (secondary N) is 1. The van der Waals surface area contributed by atoms with Crippen LogP contribution < -0.4 is 5.43 Å². The second-order valence-corrected chi connectivity index (χ2v) is 4.02. The standard InChI is InChI=1S/C12H13N3S/c1-9-10(2)15(12(16)14-13-9)8-11-6-4-3-5-7-11/h3-7H,2,8H2,1H3,(H,14,16). The highest BCUT2D eigenvalue weighted by molar-refractivity contribution is 7.80. The van der Waals surface area contributed by atoms with Gasteiger partial charge in [-0.1, -0.05) is 36.9 Å². The van der Waals surface area contributed by atoms with Crippen LogP contribution in [0.1, 0.15) is 12.5 Å². The fraction of sp³-hybridized carbons (Fsp3) is 0.167. The summed E-state index contributed by atoms with van der Waals surface area (Å²) in [7, 11) is 0. The lowest BCUT2D eigenvalue weighted by Gasteiger charge is -2.30. The van der Waals surface area contributed by atoms with Crippen molar-refractivity contribution in [2.45, 2.75) is 13.5 Å². The van der Waals surface area contributed by atoms with Crippen molar-refractivity contribution in [2.24, 2.45) is 5.10 Å². The number of hydrogen-bond acceptors (Lipinski definition) is 2. The van der Waals surface area contributed by atoms with Gasteiger partial charge in [0.05, 0.1) is 18.0 Å². The molecule has 82 valence electrons. The van der Waals surface area contributed by atoms with Gasteiger partial charge in [0.15, 0.2) is 5.11 Å².